The molecule has 0 saturated heterocycles. The number of ether oxygens (including phenoxy) is 2. The molecule has 8 nitrogen and oxygen atoms in total. The molecule has 0 fully saturated rings. The average molecular weight is 808 g/mol. The maximum atomic E-state index is 12.6. The molecule has 0 spiro atoms. The summed E-state index contributed by atoms with van der Waals surface area (Å²) in [6, 6.07) is 0. The molecule has 0 bridgehead atoms. The molecule has 0 aliphatic heterocycles. The number of phosphoric acid groups is 1. The topological polar surface area (TPSA) is 117 Å². The van der Waals surface area contributed by atoms with Crippen LogP contribution in [0.3, 0.4) is 0 Å². The fourth-order valence-electron chi connectivity index (χ4n) is 6.10. The molecule has 0 rings (SSSR count). The summed E-state index contributed by atoms with van der Waals surface area (Å²) < 4.78 is 33.5. The van der Waals surface area contributed by atoms with Crippen LogP contribution < -0.4 is 5.73 Å². The first kappa shape index (κ1) is 54.2. The van der Waals surface area contributed by atoms with Crippen LogP contribution in [0.2, 0.25) is 0 Å². The van der Waals surface area contributed by atoms with E-state index >= 15 is 0 Å². The van der Waals surface area contributed by atoms with E-state index in [0.717, 1.165) is 64.2 Å². The highest BCUT2D eigenvalue weighted by molar-refractivity contribution is 7.47. The number of esters is 1. The number of phosphoric ester groups is 1. The van der Waals surface area contributed by atoms with Gasteiger partial charge in [0, 0.05) is 19.6 Å². The number of unbranched alkanes of at least 4 members (excludes halogenated alkanes) is 20. The lowest BCUT2D eigenvalue weighted by molar-refractivity contribution is -0.154. The molecule has 0 aliphatic carbocycles. The minimum absolute atomic E-state index is 0.0957. The van der Waals surface area contributed by atoms with Crippen molar-refractivity contribution in [3.05, 3.63) is 60.8 Å². The molecular weight excluding hydrogens is 721 g/mol. The van der Waals surface area contributed by atoms with Crippen molar-refractivity contribution < 1.29 is 32.8 Å². The van der Waals surface area contributed by atoms with E-state index in [1.165, 1.54) is 109 Å². The molecule has 0 radical (unpaired) electrons. The third-order valence-electron chi connectivity index (χ3n) is 9.42. The van der Waals surface area contributed by atoms with Gasteiger partial charge in [-0.2, -0.15) is 0 Å². The molecule has 0 heterocycles. The molecule has 0 aromatic rings. The van der Waals surface area contributed by atoms with Crippen LogP contribution in [-0.4, -0.2) is 49.9 Å². The summed E-state index contributed by atoms with van der Waals surface area (Å²) in [7, 11) is -4.28. The highest BCUT2D eigenvalue weighted by atomic mass is 31.2. The predicted molar refractivity (Wildman–Crippen MR) is 238 cm³/mol. The van der Waals surface area contributed by atoms with Gasteiger partial charge in [-0.1, -0.05) is 171 Å². The van der Waals surface area contributed by atoms with Gasteiger partial charge in [-0.05, 0) is 77.0 Å². The first-order valence-electron chi connectivity index (χ1n) is 22.8. The summed E-state index contributed by atoms with van der Waals surface area (Å²) >= 11 is 0. The van der Waals surface area contributed by atoms with Crippen LogP contribution in [-0.2, 0) is 27.9 Å². The first-order chi connectivity index (χ1) is 27.4. The van der Waals surface area contributed by atoms with Gasteiger partial charge in [0.2, 0.25) is 0 Å². The van der Waals surface area contributed by atoms with Crippen LogP contribution in [0.5, 0.6) is 0 Å². The highest BCUT2D eigenvalue weighted by Crippen LogP contribution is 2.43. The first-order valence-corrected chi connectivity index (χ1v) is 24.3. The normalized spacial score (nSPS) is 14.0. The van der Waals surface area contributed by atoms with E-state index < -0.39 is 13.9 Å². The second-order valence-corrected chi connectivity index (χ2v) is 16.3. The Hall–Kier alpha value is -1.80. The van der Waals surface area contributed by atoms with E-state index in [0.29, 0.717) is 13.0 Å². The van der Waals surface area contributed by atoms with Gasteiger partial charge in [-0.3, -0.25) is 13.8 Å². The van der Waals surface area contributed by atoms with Crippen LogP contribution in [0.15, 0.2) is 60.8 Å². The van der Waals surface area contributed by atoms with Gasteiger partial charge in [-0.15, -0.1) is 0 Å². The van der Waals surface area contributed by atoms with Gasteiger partial charge in [-0.25, -0.2) is 4.57 Å². The highest BCUT2D eigenvalue weighted by Gasteiger charge is 2.25. The maximum Gasteiger partial charge on any atom is 0.472 e. The zero-order chi connectivity index (χ0) is 40.9. The lowest BCUT2D eigenvalue weighted by Crippen LogP contribution is -2.28. The third kappa shape index (κ3) is 43.3. The van der Waals surface area contributed by atoms with Gasteiger partial charge in [0.15, 0.2) is 0 Å². The summed E-state index contributed by atoms with van der Waals surface area (Å²) in [4.78, 5) is 22.5. The smallest absolute Gasteiger partial charge is 0.457 e. The largest absolute Gasteiger partial charge is 0.472 e. The number of hydrogen-bond donors (Lipinski definition) is 2. The number of allylic oxidation sites excluding steroid dienone is 10. The van der Waals surface area contributed by atoms with E-state index in [1.807, 2.05) is 0 Å². The Bertz CT molecular complexity index is 1040. The van der Waals surface area contributed by atoms with Crippen molar-refractivity contribution in [1.29, 1.82) is 0 Å². The van der Waals surface area contributed by atoms with Crippen LogP contribution in [0, 0.1) is 0 Å². The van der Waals surface area contributed by atoms with E-state index in [1.54, 1.807) is 0 Å². The van der Waals surface area contributed by atoms with E-state index in [2.05, 4.69) is 74.6 Å². The molecule has 0 aromatic carbocycles. The van der Waals surface area contributed by atoms with E-state index in [9.17, 15) is 14.3 Å². The number of rotatable bonds is 43. The molecular formula is C47H86NO7P. The summed E-state index contributed by atoms with van der Waals surface area (Å²) in [6.45, 7) is 4.78. The minimum Gasteiger partial charge on any atom is -0.457 e. The Kier molecular flexibility index (Phi) is 42.9. The molecule has 9 heteroatoms. The Morgan fingerprint density at radius 1 is 0.554 bits per heavy atom. The van der Waals surface area contributed by atoms with E-state index in [4.69, 9.17) is 24.3 Å². The monoisotopic (exact) mass is 808 g/mol. The summed E-state index contributed by atoms with van der Waals surface area (Å²) in [5.74, 6) is -0.342. The van der Waals surface area contributed by atoms with Crippen LogP contribution in [0.25, 0.3) is 0 Å². The molecule has 0 amide bonds. The molecule has 0 aromatic heterocycles. The zero-order valence-corrected chi connectivity index (χ0v) is 37.0. The molecule has 56 heavy (non-hydrogen) atoms. The summed E-state index contributed by atoms with van der Waals surface area (Å²) in [6.07, 6.45) is 53.8. The van der Waals surface area contributed by atoms with Crippen molar-refractivity contribution in [1.82, 2.24) is 0 Å². The van der Waals surface area contributed by atoms with Crippen LogP contribution in [0.4, 0.5) is 0 Å². The average Bonchev–Trinajstić information content (AvgIpc) is 3.19. The summed E-state index contributed by atoms with van der Waals surface area (Å²) in [5.41, 5.74) is 5.37. The SMILES string of the molecule is CC/C=C\C/C=C\C/C=C\C/C=C\CCCCCCCCCCC(=O)OC(COCCCCCCCC/C=C\CCCCCCCC)COP(=O)(O)OCCN. The second-order valence-electron chi connectivity index (χ2n) is 14.9. The van der Waals surface area contributed by atoms with Crippen molar-refractivity contribution in [2.75, 3.05) is 33.0 Å². The van der Waals surface area contributed by atoms with E-state index in [-0.39, 0.29) is 32.3 Å². The lowest BCUT2D eigenvalue weighted by Gasteiger charge is -2.20. The van der Waals surface area contributed by atoms with Gasteiger partial charge in [0.1, 0.15) is 6.10 Å². The molecule has 2 atom stereocenters. The molecule has 2 unspecified atom stereocenters. The Morgan fingerprint density at radius 2 is 1.00 bits per heavy atom. The third-order valence-corrected chi connectivity index (χ3v) is 10.4. The van der Waals surface area contributed by atoms with Gasteiger partial charge < -0.3 is 20.1 Å². The minimum atomic E-state index is -4.28. The zero-order valence-electron chi connectivity index (χ0n) is 36.1. The Balaban J connectivity index is 4.03. The lowest BCUT2D eigenvalue weighted by atomic mass is 10.1. The molecule has 0 aliphatic rings. The fraction of sp³-hybridized carbons (Fsp3) is 0.766. The number of nitrogens with two attached hydrogens (primary N) is 1. The molecule has 0 saturated carbocycles. The van der Waals surface area contributed by atoms with Crippen LogP contribution in [0.1, 0.15) is 194 Å². The van der Waals surface area contributed by atoms with Crippen molar-refractivity contribution in [3.8, 4) is 0 Å². The number of carbonyl (C=O) groups is 1. The standard InChI is InChI=1S/C47H86NO7P/c1-3-5-7-9-11-13-15-17-19-21-22-23-24-25-26-28-30-32-34-36-38-40-47(49)55-46(45-54-56(50,51)53-43-41-48)44-52-42-39-37-35-33-31-29-27-20-18-16-14-12-10-8-6-4-2/h5,7,11,13,17-20,22-23,46H,3-4,6,8-10,12,14-16,21,24-45,48H2,1-2H3,(H,50,51)/b7-5-,13-11-,19-17-,20-18-,23-22-. The van der Waals surface area contributed by atoms with Gasteiger partial charge in [0.25, 0.3) is 0 Å². The van der Waals surface area contributed by atoms with Crippen LogP contribution >= 0.6 is 7.82 Å². The van der Waals surface area contributed by atoms with Crippen molar-refractivity contribution in [2.45, 2.75) is 200 Å². The van der Waals surface area contributed by atoms with Crippen molar-refractivity contribution in [2.24, 2.45) is 5.73 Å². The molecule has 3 N–H and O–H groups in total. The second kappa shape index (κ2) is 44.3. The van der Waals surface area contributed by atoms with Crippen molar-refractivity contribution in [3.63, 3.8) is 0 Å². The Labute approximate surface area is 344 Å². The van der Waals surface area contributed by atoms with Gasteiger partial charge in [0.05, 0.1) is 19.8 Å². The number of hydrogen-bond acceptors (Lipinski definition) is 7. The molecule has 326 valence electrons. The summed E-state index contributed by atoms with van der Waals surface area (Å²) in [5, 5.41) is 0. The maximum absolute atomic E-state index is 12.6. The van der Waals surface area contributed by atoms with Crippen molar-refractivity contribution >= 4 is 13.8 Å². The van der Waals surface area contributed by atoms with Gasteiger partial charge >= 0.3 is 13.8 Å². The quantitative estimate of drug-likeness (QED) is 0.0271. The number of carbonyl (C=O) groups excluding carboxylic acids is 1. The Morgan fingerprint density at radius 3 is 1.52 bits per heavy atom. The fourth-order valence-corrected chi connectivity index (χ4v) is 6.87. The predicted octanol–water partition coefficient (Wildman–Crippen LogP) is 13.8.